The van der Waals surface area contributed by atoms with Crippen LogP contribution in [0.4, 0.5) is 5.69 Å². The van der Waals surface area contributed by atoms with Crippen LogP contribution < -0.4 is 14.8 Å². The van der Waals surface area contributed by atoms with Gasteiger partial charge in [0.05, 0.1) is 13.2 Å². The number of aryl methyl sites for hydroxylation is 1. The topological polar surface area (TPSA) is 30.5 Å². The average molecular weight is 404 g/mol. The second-order valence-electron chi connectivity index (χ2n) is 7.95. The number of hydrogen-bond donors (Lipinski definition) is 1. The first-order chi connectivity index (χ1) is 14.7. The van der Waals surface area contributed by atoms with E-state index in [1.54, 1.807) is 0 Å². The predicted molar refractivity (Wildman–Crippen MR) is 125 cm³/mol. The Labute approximate surface area is 181 Å². The van der Waals surface area contributed by atoms with Crippen LogP contribution in [0.5, 0.6) is 11.5 Å². The largest absolute Gasteiger partial charge is 0.494 e. The lowest BCUT2D eigenvalue weighted by Crippen LogP contribution is -2.06. The molecule has 0 aliphatic carbocycles. The van der Waals surface area contributed by atoms with E-state index < -0.39 is 0 Å². The lowest BCUT2D eigenvalue weighted by molar-refractivity contribution is 0.287. The Bertz CT molecular complexity index is 860. The maximum atomic E-state index is 5.98. The lowest BCUT2D eigenvalue weighted by Gasteiger charge is -2.14. The highest BCUT2D eigenvalue weighted by Crippen LogP contribution is 2.22. The molecule has 30 heavy (non-hydrogen) atoms. The fourth-order valence-electron chi connectivity index (χ4n) is 3.17. The van der Waals surface area contributed by atoms with Gasteiger partial charge in [0.2, 0.25) is 0 Å². The second-order valence-corrected chi connectivity index (χ2v) is 7.95. The number of benzene rings is 3. The third-order valence-corrected chi connectivity index (χ3v) is 4.98. The molecule has 0 atom stereocenters. The van der Waals surface area contributed by atoms with Crippen LogP contribution in [0.2, 0.25) is 0 Å². The van der Waals surface area contributed by atoms with Crippen LogP contribution in [-0.2, 0) is 13.0 Å². The highest BCUT2D eigenvalue weighted by atomic mass is 16.5. The first-order valence-electron chi connectivity index (χ1n) is 10.9. The fraction of sp³-hybridized carbons (Fsp3) is 0.333. The van der Waals surface area contributed by atoms with Crippen molar-refractivity contribution in [2.75, 3.05) is 18.5 Å². The molecule has 0 saturated carbocycles. The highest BCUT2D eigenvalue weighted by Gasteiger charge is 2.04. The van der Waals surface area contributed by atoms with Crippen molar-refractivity contribution in [1.29, 1.82) is 0 Å². The van der Waals surface area contributed by atoms with Crippen molar-refractivity contribution in [3.63, 3.8) is 0 Å². The Balaban J connectivity index is 1.42. The van der Waals surface area contributed by atoms with E-state index in [9.17, 15) is 0 Å². The van der Waals surface area contributed by atoms with Gasteiger partial charge in [-0.05, 0) is 61.1 Å². The summed E-state index contributed by atoms with van der Waals surface area (Å²) in [6.45, 7) is 6.64. The molecule has 3 nitrogen and oxygen atoms in total. The van der Waals surface area contributed by atoms with Crippen LogP contribution in [0.3, 0.4) is 0 Å². The predicted octanol–water partition coefficient (Wildman–Crippen LogP) is 6.74. The van der Waals surface area contributed by atoms with Crippen molar-refractivity contribution in [1.82, 2.24) is 0 Å². The minimum atomic E-state index is 0.648. The van der Waals surface area contributed by atoms with Gasteiger partial charge in [-0.15, -0.1) is 0 Å². The molecule has 0 aliphatic heterocycles. The van der Waals surface area contributed by atoms with E-state index in [-0.39, 0.29) is 0 Å². The molecule has 158 valence electrons. The Hall–Kier alpha value is -2.94. The Morgan fingerprint density at radius 2 is 1.50 bits per heavy atom. The molecule has 0 aromatic heterocycles. The highest BCUT2D eigenvalue weighted by molar-refractivity contribution is 5.48. The minimum absolute atomic E-state index is 0.648. The summed E-state index contributed by atoms with van der Waals surface area (Å²) in [6, 6.07) is 26.9. The summed E-state index contributed by atoms with van der Waals surface area (Å²) in [4.78, 5) is 0. The molecular weight excluding hydrogens is 370 g/mol. The molecule has 0 heterocycles. The maximum absolute atomic E-state index is 5.98. The zero-order valence-corrected chi connectivity index (χ0v) is 18.1. The van der Waals surface area contributed by atoms with Gasteiger partial charge in [-0.2, -0.15) is 0 Å². The summed E-state index contributed by atoms with van der Waals surface area (Å²) >= 11 is 0. The molecule has 3 rings (SSSR count). The minimum Gasteiger partial charge on any atom is -0.494 e. The number of nitrogens with one attached hydrogen (secondary N) is 1. The summed E-state index contributed by atoms with van der Waals surface area (Å²) in [6.07, 6.45) is 3.12. The average Bonchev–Trinajstić information content (AvgIpc) is 2.77. The van der Waals surface area contributed by atoms with Gasteiger partial charge in [0.15, 0.2) is 0 Å². The van der Waals surface area contributed by atoms with E-state index in [1.165, 1.54) is 11.1 Å². The number of hydrogen-bond acceptors (Lipinski definition) is 3. The summed E-state index contributed by atoms with van der Waals surface area (Å²) in [5, 5.41) is 3.48. The molecule has 0 fully saturated rings. The van der Waals surface area contributed by atoms with Crippen molar-refractivity contribution < 1.29 is 9.47 Å². The fourth-order valence-corrected chi connectivity index (χ4v) is 3.17. The molecule has 0 radical (unpaired) electrons. The number of para-hydroxylation sites is 1. The van der Waals surface area contributed by atoms with Crippen LogP contribution in [0, 0.1) is 5.92 Å². The van der Waals surface area contributed by atoms with Gasteiger partial charge in [0.1, 0.15) is 11.5 Å². The van der Waals surface area contributed by atoms with Gasteiger partial charge in [-0.3, -0.25) is 0 Å². The van der Waals surface area contributed by atoms with E-state index in [0.29, 0.717) is 5.92 Å². The van der Waals surface area contributed by atoms with Crippen LogP contribution in [-0.4, -0.2) is 13.2 Å². The van der Waals surface area contributed by atoms with E-state index in [0.717, 1.165) is 56.2 Å². The van der Waals surface area contributed by atoms with Crippen molar-refractivity contribution in [3.05, 3.63) is 90.0 Å². The monoisotopic (exact) mass is 403 g/mol. The first-order valence-corrected chi connectivity index (χ1v) is 10.9. The molecule has 0 unspecified atom stereocenters. The smallest absolute Gasteiger partial charge is 0.124 e. The Morgan fingerprint density at radius 3 is 2.27 bits per heavy atom. The van der Waals surface area contributed by atoms with Crippen LogP contribution >= 0.6 is 0 Å². The lowest BCUT2D eigenvalue weighted by atomic mass is 10.1. The SMILES string of the molecule is CC(C)CCOc1ccccc1CNc1ccc(OCCCc2ccccc2)cc1. The summed E-state index contributed by atoms with van der Waals surface area (Å²) < 4.78 is 11.9. The molecule has 0 saturated heterocycles. The third-order valence-electron chi connectivity index (χ3n) is 4.98. The van der Waals surface area contributed by atoms with Crippen LogP contribution in [0.1, 0.15) is 37.8 Å². The van der Waals surface area contributed by atoms with Gasteiger partial charge >= 0.3 is 0 Å². The molecule has 0 aliphatic rings. The molecule has 3 aromatic carbocycles. The Morgan fingerprint density at radius 1 is 0.767 bits per heavy atom. The van der Waals surface area contributed by atoms with Crippen molar-refractivity contribution in [2.45, 2.75) is 39.7 Å². The standard InChI is InChI=1S/C27H33NO2/c1-22(2)18-20-30-27-13-7-6-12-24(27)21-28-25-14-16-26(17-15-25)29-19-8-11-23-9-4-3-5-10-23/h3-7,9-10,12-17,22,28H,8,11,18-21H2,1-2H3. The van der Waals surface area contributed by atoms with Gasteiger partial charge < -0.3 is 14.8 Å². The maximum Gasteiger partial charge on any atom is 0.124 e. The molecular formula is C27H33NO2. The zero-order valence-electron chi connectivity index (χ0n) is 18.1. The molecule has 3 heteroatoms. The van der Waals surface area contributed by atoms with Crippen molar-refractivity contribution in [3.8, 4) is 11.5 Å². The van der Waals surface area contributed by atoms with Gasteiger partial charge in [0.25, 0.3) is 0 Å². The summed E-state index contributed by atoms with van der Waals surface area (Å²) in [5.41, 5.74) is 3.60. The van der Waals surface area contributed by atoms with Crippen molar-refractivity contribution in [2.24, 2.45) is 5.92 Å². The van der Waals surface area contributed by atoms with Crippen LogP contribution in [0.15, 0.2) is 78.9 Å². The Kier molecular flexibility index (Phi) is 8.64. The zero-order chi connectivity index (χ0) is 21.0. The van der Waals surface area contributed by atoms with E-state index >= 15 is 0 Å². The number of anilines is 1. The number of rotatable bonds is 12. The third kappa shape index (κ3) is 7.47. The number of ether oxygens (including phenoxy) is 2. The molecule has 3 aromatic rings. The summed E-state index contributed by atoms with van der Waals surface area (Å²) in [5.74, 6) is 2.52. The van der Waals surface area contributed by atoms with Gasteiger partial charge in [-0.25, -0.2) is 0 Å². The van der Waals surface area contributed by atoms with E-state index in [2.05, 4.69) is 67.7 Å². The first kappa shape index (κ1) is 21.8. The second kappa shape index (κ2) is 11.9. The quantitative estimate of drug-likeness (QED) is 0.340. The molecule has 0 spiro atoms. The molecule has 0 amide bonds. The van der Waals surface area contributed by atoms with Gasteiger partial charge in [-0.1, -0.05) is 62.4 Å². The van der Waals surface area contributed by atoms with Crippen LogP contribution in [0.25, 0.3) is 0 Å². The molecule has 0 bridgehead atoms. The molecule has 1 N–H and O–H groups in total. The van der Waals surface area contributed by atoms with E-state index in [4.69, 9.17) is 9.47 Å². The van der Waals surface area contributed by atoms with Gasteiger partial charge in [0, 0.05) is 17.8 Å². The normalized spacial score (nSPS) is 10.8. The summed E-state index contributed by atoms with van der Waals surface area (Å²) in [7, 11) is 0. The van der Waals surface area contributed by atoms with Crippen molar-refractivity contribution >= 4 is 5.69 Å². The van der Waals surface area contributed by atoms with E-state index in [1.807, 2.05) is 30.3 Å².